The molecule has 0 bridgehead atoms. The molecule has 0 aromatic heterocycles. The average molecular weight is 327 g/mol. The van der Waals surface area contributed by atoms with Gasteiger partial charge in [0.25, 0.3) is 5.91 Å². The van der Waals surface area contributed by atoms with Crippen LogP contribution in [0.3, 0.4) is 0 Å². The summed E-state index contributed by atoms with van der Waals surface area (Å²) in [4.78, 5) is 29.3. The Morgan fingerprint density at radius 2 is 1.75 bits per heavy atom. The fourth-order valence-corrected chi connectivity index (χ4v) is 2.24. The van der Waals surface area contributed by atoms with E-state index in [4.69, 9.17) is 10.6 Å². The number of amides is 2. The number of nitrogens with zero attached hydrogens (tertiary/aromatic N) is 1. The van der Waals surface area contributed by atoms with Gasteiger partial charge >= 0.3 is 0 Å². The summed E-state index contributed by atoms with van der Waals surface area (Å²) < 4.78 is 0. The van der Waals surface area contributed by atoms with Gasteiger partial charge in [0.2, 0.25) is 5.91 Å². The van der Waals surface area contributed by atoms with Crippen LogP contribution < -0.4 is 16.1 Å². The molecule has 2 amide bonds. The highest BCUT2D eigenvalue weighted by atomic mass is 16.7. The van der Waals surface area contributed by atoms with Crippen LogP contribution >= 0.6 is 0 Å². The maximum Gasteiger partial charge on any atom is 0.274 e. The molecule has 0 fully saturated rings. The summed E-state index contributed by atoms with van der Waals surface area (Å²) in [6, 6.07) is 17.4. The molecule has 0 aliphatic carbocycles. The Bertz CT molecular complexity index is 672. The standard InChI is InChI=1S/C18H21N3O3/c1-2-21(12-14-6-4-3-5-7-14)16-10-8-15(9-11-16)18(23)20-24-13-17(19)22/h3-11H,2,12-13H2,1H3,(H2,19,22)(H,20,23). The van der Waals surface area contributed by atoms with E-state index in [2.05, 4.69) is 29.4 Å². The Hall–Kier alpha value is -2.86. The van der Waals surface area contributed by atoms with Crippen molar-refractivity contribution in [2.75, 3.05) is 18.1 Å². The smallest absolute Gasteiger partial charge is 0.274 e. The van der Waals surface area contributed by atoms with E-state index in [1.54, 1.807) is 12.1 Å². The number of primary amides is 1. The predicted octanol–water partition coefficient (Wildman–Crippen LogP) is 1.86. The Balaban J connectivity index is 1.99. The first-order valence-electron chi connectivity index (χ1n) is 7.69. The molecule has 126 valence electrons. The second-order valence-electron chi connectivity index (χ2n) is 5.23. The first kappa shape index (κ1) is 17.5. The molecule has 0 radical (unpaired) electrons. The van der Waals surface area contributed by atoms with Crippen molar-refractivity contribution in [3.05, 3.63) is 65.7 Å². The maximum atomic E-state index is 11.9. The van der Waals surface area contributed by atoms with E-state index < -0.39 is 11.8 Å². The van der Waals surface area contributed by atoms with Crippen molar-refractivity contribution < 1.29 is 14.4 Å². The molecule has 0 spiro atoms. The van der Waals surface area contributed by atoms with Crippen molar-refractivity contribution in [3.8, 4) is 0 Å². The van der Waals surface area contributed by atoms with Crippen molar-refractivity contribution in [2.45, 2.75) is 13.5 Å². The van der Waals surface area contributed by atoms with E-state index in [9.17, 15) is 9.59 Å². The molecular formula is C18H21N3O3. The lowest BCUT2D eigenvalue weighted by atomic mass is 10.1. The van der Waals surface area contributed by atoms with Gasteiger partial charge in [-0.15, -0.1) is 0 Å². The zero-order chi connectivity index (χ0) is 17.4. The Morgan fingerprint density at radius 1 is 1.08 bits per heavy atom. The second kappa shape index (κ2) is 8.69. The molecule has 6 nitrogen and oxygen atoms in total. The Morgan fingerprint density at radius 3 is 2.33 bits per heavy atom. The summed E-state index contributed by atoms with van der Waals surface area (Å²) in [6.45, 7) is 3.37. The molecule has 3 N–H and O–H groups in total. The van der Waals surface area contributed by atoms with E-state index >= 15 is 0 Å². The second-order valence-corrected chi connectivity index (χ2v) is 5.23. The average Bonchev–Trinajstić information content (AvgIpc) is 2.60. The van der Waals surface area contributed by atoms with Crippen LogP contribution in [0.5, 0.6) is 0 Å². The number of carbonyl (C=O) groups is 2. The van der Waals surface area contributed by atoms with Gasteiger partial charge in [-0.05, 0) is 36.8 Å². The van der Waals surface area contributed by atoms with Gasteiger partial charge in [0.1, 0.15) is 0 Å². The van der Waals surface area contributed by atoms with Gasteiger partial charge in [-0.1, -0.05) is 30.3 Å². The van der Waals surface area contributed by atoms with Gasteiger partial charge < -0.3 is 10.6 Å². The van der Waals surface area contributed by atoms with Crippen LogP contribution in [0, 0.1) is 0 Å². The van der Waals surface area contributed by atoms with Crippen molar-refractivity contribution >= 4 is 17.5 Å². The number of anilines is 1. The van der Waals surface area contributed by atoms with E-state index in [1.807, 2.05) is 30.3 Å². The summed E-state index contributed by atoms with van der Waals surface area (Å²) in [5.74, 6) is -1.07. The SMILES string of the molecule is CCN(Cc1ccccc1)c1ccc(C(=O)NOCC(N)=O)cc1. The van der Waals surface area contributed by atoms with Crippen molar-refractivity contribution in [2.24, 2.45) is 5.73 Å². The fourth-order valence-electron chi connectivity index (χ4n) is 2.24. The highest BCUT2D eigenvalue weighted by molar-refractivity contribution is 5.93. The van der Waals surface area contributed by atoms with Crippen LogP contribution in [0.4, 0.5) is 5.69 Å². The quantitative estimate of drug-likeness (QED) is 0.725. The third kappa shape index (κ3) is 5.10. The Labute approximate surface area is 141 Å². The van der Waals surface area contributed by atoms with Crippen LogP contribution in [0.2, 0.25) is 0 Å². The summed E-state index contributed by atoms with van der Waals surface area (Å²) in [6.07, 6.45) is 0. The summed E-state index contributed by atoms with van der Waals surface area (Å²) in [5, 5.41) is 0. The molecule has 0 heterocycles. The third-order valence-electron chi connectivity index (χ3n) is 3.47. The molecule has 0 aliphatic heterocycles. The zero-order valence-electron chi connectivity index (χ0n) is 13.6. The van der Waals surface area contributed by atoms with Crippen molar-refractivity contribution in [3.63, 3.8) is 0 Å². The third-order valence-corrected chi connectivity index (χ3v) is 3.47. The van der Waals surface area contributed by atoms with Crippen LogP contribution in [0.1, 0.15) is 22.8 Å². The molecule has 0 aliphatic rings. The van der Waals surface area contributed by atoms with E-state index in [0.717, 1.165) is 18.8 Å². The molecule has 6 heteroatoms. The van der Waals surface area contributed by atoms with E-state index in [-0.39, 0.29) is 6.61 Å². The molecule has 0 saturated carbocycles. The van der Waals surface area contributed by atoms with Crippen LogP contribution in [0.15, 0.2) is 54.6 Å². The lowest BCUT2D eigenvalue weighted by Crippen LogP contribution is -2.29. The highest BCUT2D eigenvalue weighted by Crippen LogP contribution is 2.18. The topological polar surface area (TPSA) is 84.7 Å². The van der Waals surface area contributed by atoms with Gasteiger partial charge in [-0.25, -0.2) is 5.48 Å². The number of hydroxylamine groups is 1. The fraction of sp³-hybridized carbons (Fsp3) is 0.222. The molecule has 2 rings (SSSR count). The predicted molar refractivity (Wildman–Crippen MR) is 92.2 cm³/mol. The maximum absolute atomic E-state index is 11.9. The molecule has 0 unspecified atom stereocenters. The van der Waals surface area contributed by atoms with E-state index in [1.165, 1.54) is 5.56 Å². The minimum Gasteiger partial charge on any atom is -0.368 e. The van der Waals surface area contributed by atoms with Crippen molar-refractivity contribution in [1.29, 1.82) is 0 Å². The number of carbonyl (C=O) groups excluding carboxylic acids is 2. The van der Waals surface area contributed by atoms with Gasteiger partial charge in [0.15, 0.2) is 6.61 Å². The molecule has 0 atom stereocenters. The molecule has 0 saturated heterocycles. The first-order valence-corrected chi connectivity index (χ1v) is 7.69. The minimum absolute atomic E-state index is 0.357. The lowest BCUT2D eigenvalue weighted by Gasteiger charge is -2.23. The number of nitrogens with two attached hydrogens (primary N) is 1. The number of hydrogen-bond acceptors (Lipinski definition) is 4. The molecule has 2 aromatic rings. The largest absolute Gasteiger partial charge is 0.368 e. The summed E-state index contributed by atoms with van der Waals surface area (Å²) in [5.41, 5.74) is 9.80. The lowest BCUT2D eigenvalue weighted by molar-refractivity contribution is -0.124. The monoisotopic (exact) mass is 327 g/mol. The number of benzene rings is 2. The van der Waals surface area contributed by atoms with Crippen LogP contribution in [0.25, 0.3) is 0 Å². The van der Waals surface area contributed by atoms with Gasteiger partial charge in [-0.3, -0.25) is 14.4 Å². The van der Waals surface area contributed by atoms with Crippen LogP contribution in [-0.4, -0.2) is 25.0 Å². The van der Waals surface area contributed by atoms with Gasteiger partial charge in [0, 0.05) is 24.3 Å². The first-order chi connectivity index (χ1) is 11.6. The Kier molecular flexibility index (Phi) is 6.33. The zero-order valence-corrected chi connectivity index (χ0v) is 13.6. The van der Waals surface area contributed by atoms with Crippen molar-refractivity contribution in [1.82, 2.24) is 5.48 Å². The molecular weight excluding hydrogens is 306 g/mol. The molecule has 2 aromatic carbocycles. The van der Waals surface area contributed by atoms with Gasteiger partial charge in [-0.2, -0.15) is 0 Å². The van der Waals surface area contributed by atoms with E-state index in [0.29, 0.717) is 5.56 Å². The molecule has 24 heavy (non-hydrogen) atoms. The number of rotatable bonds is 8. The van der Waals surface area contributed by atoms with Crippen LogP contribution in [-0.2, 0) is 16.2 Å². The van der Waals surface area contributed by atoms with Gasteiger partial charge in [0.05, 0.1) is 0 Å². The summed E-state index contributed by atoms with van der Waals surface area (Å²) in [7, 11) is 0. The minimum atomic E-state index is -0.648. The summed E-state index contributed by atoms with van der Waals surface area (Å²) >= 11 is 0. The number of nitrogens with one attached hydrogen (secondary N) is 1. The number of hydrogen-bond donors (Lipinski definition) is 2. The highest BCUT2D eigenvalue weighted by Gasteiger charge is 2.09. The normalized spacial score (nSPS) is 10.2.